The van der Waals surface area contributed by atoms with E-state index in [1.54, 1.807) is 25.4 Å². The van der Waals surface area contributed by atoms with E-state index in [4.69, 9.17) is 26.1 Å². The third kappa shape index (κ3) is 5.08. The van der Waals surface area contributed by atoms with Crippen molar-refractivity contribution in [2.24, 2.45) is 7.05 Å². The van der Waals surface area contributed by atoms with Gasteiger partial charge in [-0.15, -0.1) is 0 Å². The summed E-state index contributed by atoms with van der Waals surface area (Å²) in [5, 5.41) is 6.94. The highest BCUT2D eigenvalue weighted by atomic mass is 35.5. The van der Waals surface area contributed by atoms with E-state index in [-0.39, 0.29) is 11.9 Å². The lowest BCUT2D eigenvalue weighted by Crippen LogP contribution is -2.36. The summed E-state index contributed by atoms with van der Waals surface area (Å²) in [6.45, 7) is 1.67. The zero-order valence-corrected chi connectivity index (χ0v) is 20.3. The van der Waals surface area contributed by atoms with E-state index in [1.807, 2.05) is 48.0 Å². The van der Waals surface area contributed by atoms with Gasteiger partial charge in [-0.05, 0) is 36.7 Å². The summed E-state index contributed by atoms with van der Waals surface area (Å²) in [5.74, 6) is 2.26. The van der Waals surface area contributed by atoms with E-state index in [0.29, 0.717) is 34.4 Å². The Morgan fingerprint density at radius 1 is 1.20 bits per heavy atom. The van der Waals surface area contributed by atoms with Crippen molar-refractivity contribution >= 4 is 28.5 Å². The number of benzene rings is 2. The average Bonchev–Trinajstić information content (AvgIpc) is 3.48. The molecule has 0 saturated carbocycles. The summed E-state index contributed by atoms with van der Waals surface area (Å²) in [4.78, 5) is 21.6. The van der Waals surface area contributed by atoms with Crippen molar-refractivity contribution in [3.63, 3.8) is 0 Å². The van der Waals surface area contributed by atoms with Crippen LogP contribution >= 0.6 is 11.6 Å². The van der Waals surface area contributed by atoms with Crippen LogP contribution in [-0.4, -0.2) is 46.7 Å². The summed E-state index contributed by atoms with van der Waals surface area (Å²) in [7, 11) is 3.58. The van der Waals surface area contributed by atoms with Crippen molar-refractivity contribution in [2.45, 2.75) is 18.9 Å². The number of halogens is 1. The van der Waals surface area contributed by atoms with Gasteiger partial charge in [-0.25, -0.2) is 4.98 Å². The number of hydrogen-bond acceptors (Lipinski definition) is 6. The topological polar surface area (TPSA) is 90.3 Å². The first-order valence-corrected chi connectivity index (χ1v) is 11.8. The van der Waals surface area contributed by atoms with Crippen molar-refractivity contribution in [2.75, 3.05) is 20.2 Å². The number of rotatable bonds is 7. The Kier molecular flexibility index (Phi) is 6.57. The minimum Gasteiger partial charge on any atom is -0.493 e. The van der Waals surface area contributed by atoms with Crippen LogP contribution in [0.4, 0.5) is 0 Å². The summed E-state index contributed by atoms with van der Waals surface area (Å²) >= 11 is 6.02. The van der Waals surface area contributed by atoms with Crippen LogP contribution < -0.4 is 20.1 Å². The number of amides is 1. The maximum atomic E-state index is 12.6. The fourth-order valence-corrected chi connectivity index (χ4v) is 4.32. The Hall–Kier alpha value is -3.62. The molecule has 1 fully saturated rings. The Morgan fingerprint density at radius 2 is 2.03 bits per heavy atom. The maximum absolute atomic E-state index is 12.6. The number of aromatic nitrogens is 3. The smallest absolute Gasteiger partial charge is 0.270 e. The number of ether oxygens (including phenoxy) is 2. The van der Waals surface area contributed by atoms with Gasteiger partial charge in [0, 0.05) is 55.5 Å². The van der Waals surface area contributed by atoms with E-state index in [2.05, 4.69) is 15.6 Å². The zero-order chi connectivity index (χ0) is 24.4. The van der Waals surface area contributed by atoms with Gasteiger partial charge in [0.15, 0.2) is 11.5 Å². The average molecular weight is 492 g/mol. The van der Waals surface area contributed by atoms with Crippen molar-refractivity contribution in [1.29, 1.82) is 0 Å². The van der Waals surface area contributed by atoms with Gasteiger partial charge in [0.05, 0.1) is 18.1 Å². The molecule has 2 aromatic carbocycles. The van der Waals surface area contributed by atoms with Gasteiger partial charge >= 0.3 is 0 Å². The fraction of sp³-hybridized carbons (Fsp3) is 0.269. The first-order chi connectivity index (χ1) is 17.0. The van der Waals surface area contributed by atoms with Gasteiger partial charge in [0.1, 0.15) is 17.3 Å². The summed E-state index contributed by atoms with van der Waals surface area (Å²) in [6, 6.07) is 15.0. The van der Waals surface area contributed by atoms with Crippen LogP contribution in [-0.2, 0) is 13.5 Å². The number of carbonyl (C=O) groups is 1. The Balaban J connectivity index is 1.40. The molecule has 4 aromatic rings. The number of methoxy groups -OCH3 is 1. The molecule has 180 valence electrons. The molecule has 8 nitrogen and oxygen atoms in total. The number of carbonyl (C=O) groups excluding carboxylic acids is 1. The van der Waals surface area contributed by atoms with Crippen molar-refractivity contribution in [1.82, 2.24) is 25.2 Å². The molecule has 5 rings (SSSR count). The van der Waals surface area contributed by atoms with Crippen molar-refractivity contribution in [3.8, 4) is 17.2 Å². The van der Waals surface area contributed by atoms with E-state index in [1.165, 1.54) is 0 Å². The molecule has 0 spiro atoms. The number of nitrogens with zero attached hydrogens (tertiary/aromatic N) is 3. The highest BCUT2D eigenvalue weighted by Gasteiger charge is 2.19. The molecule has 3 heterocycles. The van der Waals surface area contributed by atoms with Gasteiger partial charge in [-0.3, -0.25) is 9.78 Å². The van der Waals surface area contributed by atoms with Gasteiger partial charge in [0.25, 0.3) is 5.91 Å². The van der Waals surface area contributed by atoms with E-state index < -0.39 is 0 Å². The van der Waals surface area contributed by atoms with Gasteiger partial charge in [0.2, 0.25) is 0 Å². The molecule has 1 aliphatic rings. The molecule has 35 heavy (non-hydrogen) atoms. The van der Waals surface area contributed by atoms with Crippen LogP contribution in [0, 0.1) is 0 Å². The second-order valence-electron chi connectivity index (χ2n) is 8.52. The molecule has 2 aromatic heterocycles. The Bertz CT molecular complexity index is 1360. The van der Waals surface area contributed by atoms with Crippen LogP contribution in [0.1, 0.15) is 28.3 Å². The molecule has 0 bridgehead atoms. The third-order valence-corrected chi connectivity index (χ3v) is 6.37. The monoisotopic (exact) mass is 491 g/mol. The fourth-order valence-electron chi connectivity index (χ4n) is 4.19. The quantitative estimate of drug-likeness (QED) is 0.404. The number of imidazole rings is 1. The Morgan fingerprint density at radius 3 is 2.77 bits per heavy atom. The van der Waals surface area contributed by atoms with Crippen LogP contribution in [0.5, 0.6) is 17.2 Å². The first kappa shape index (κ1) is 23.1. The number of fused-ring (bicyclic) bond motifs is 1. The molecule has 1 atom stereocenters. The van der Waals surface area contributed by atoms with Crippen molar-refractivity contribution in [3.05, 3.63) is 76.8 Å². The van der Waals surface area contributed by atoms with E-state index in [9.17, 15) is 4.79 Å². The predicted octanol–water partition coefficient (Wildman–Crippen LogP) is 4.11. The van der Waals surface area contributed by atoms with E-state index in [0.717, 1.165) is 41.9 Å². The van der Waals surface area contributed by atoms with Crippen molar-refractivity contribution < 1.29 is 14.3 Å². The lowest BCUT2D eigenvalue weighted by atomic mass is 10.1. The number of aryl methyl sites for hydroxylation is 1. The molecular formula is C26H26ClN5O3. The number of nitrogens with one attached hydrogen (secondary N) is 2. The van der Waals surface area contributed by atoms with E-state index >= 15 is 0 Å². The molecule has 9 heteroatoms. The van der Waals surface area contributed by atoms with Crippen LogP contribution in [0.25, 0.3) is 11.0 Å². The van der Waals surface area contributed by atoms with Crippen LogP contribution in [0.3, 0.4) is 0 Å². The molecule has 1 aliphatic heterocycles. The van der Waals surface area contributed by atoms with Crippen LogP contribution in [0.15, 0.2) is 54.7 Å². The second-order valence-corrected chi connectivity index (χ2v) is 8.96. The van der Waals surface area contributed by atoms with Gasteiger partial charge in [-0.1, -0.05) is 23.7 Å². The second kappa shape index (κ2) is 9.93. The molecule has 0 radical (unpaired) electrons. The molecular weight excluding hydrogens is 466 g/mol. The summed E-state index contributed by atoms with van der Waals surface area (Å²) < 4.78 is 13.8. The normalized spacial score (nSPS) is 15.3. The molecule has 0 unspecified atom stereocenters. The lowest BCUT2D eigenvalue weighted by molar-refractivity contribution is 0.0934. The number of hydrogen-bond donors (Lipinski definition) is 2. The standard InChI is InChI=1S/C26H26ClN5O3/c1-32-22-14-23(34-2)24(13-20(22)31-25(32)11-16-3-5-17(27)6-4-16)35-19-8-10-29-21(12-19)26(33)30-18-7-9-28-15-18/h3-6,8,10,12-14,18,28H,7,9,11,15H2,1-2H3,(H,30,33)/t18-/m1/s1. The zero-order valence-electron chi connectivity index (χ0n) is 19.5. The molecule has 1 amide bonds. The van der Waals surface area contributed by atoms with Gasteiger partial charge in [-0.2, -0.15) is 0 Å². The largest absolute Gasteiger partial charge is 0.493 e. The molecule has 0 aliphatic carbocycles. The minimum atomic E-state index is -0.219. The lowest BCUT2D eigenvalue weighted by Gasteiger charge is -2.13. The number of pyridine rings is 1. The first-order valence-electron chi connectivity index (χ1n) is 11.4. The highest BCUT2D eigenvalue weighted by molar-refractivity contribution is 6.30. The molecule has 2 N–H and O–H groups in total. The van der Waals surface area contributed by atoms with Gasteiger partial charge < -0.3 is 24.7 Å². The summed E-state index contributed by atoms with van der Waals surface area (Å²) in [6.07, 6.45) is 3.14. The third-order valence-electron chi connectivity index (χ3n) is 6.12. The summed E-state index contributed by atoms with van der Waals surface area (Å²) in [5.41, 5.74) is 3.14. The predicted molar refractivity (Wildman–Crippen MR) is 135 cm³/mol. The highest BCUT2D eigenvalue weighted by Crippen LogP contribution is 2.36. The van der Waals surface area contributed by atoms with Crippen LogP contribution in [0.2, 0.25) is 5.02 Å². The maximum Gasteiger partial charge on any atom is 0.270 e. The minimum absolute atomic E-state index is 0.114. The molecule has 1 saturated heterocycles. The SMILES string of the molecule is COc1cc2c(cc1Oc1ccnc(C(=O)N[C@@H]3CCNC3)c1)nc(Cc1ccc(Cl)cc1)n2C. The Labute approximate surface area is 208 Å².